The minimum atomic E-state index is -0.305. The van der Waals surface area contributed by atoms with E-state index in [2.05, 4.69) is 0 Å². The average Bonchev–Trinajstić information content (AvgIpc) is 2.36. The zero-order valence-electron chi connectivity index (χ0n) is 10.3. The van der Waals surface area contributed by atoms with E-state index in [0.29, 0.717) is 13.2 Å². The van der Waals surface area contributed by atoms with Crippen molar-refractivity contribution in [3.8, 4) is 5.75 Å². The minimum Gasteiger partial charge on any atom is -0.494 e. The molecule has 0 amide bonds. The number of carbonyl (C=O) groups excluding carboxylic acids is 1. The second kappa shape index (κ2) is 7.49. The minimum absolute atomic E-state index is 0.305. The fourth-order valence-electron chi connectivity index (χ4n) is 1.26. The highest BCUT2D eigenvalue weighted by molar-refractivity contribution is 5.87. The van der Waals surface area contributed by atoms with E-state index in [-0.39, 0.29) is 5.97 Å². The molecule has 0 spiro atoms. The van der Waals surface area contributed by atoms with E-state index in [0.717, 1.165) is 17.7 Å². The van der Waals surface area contributed by atoms with Gasteiger partial charge in [-0.15, -0.1) is 0 Å². The molecule has 0 heterocycles. The zero-order valence-corrected chi connectivity index (χ0v) is 10.3. The quantitative estimate of drug-likeness (QED) is 0.560. The molecule has 92 valence electrons. The third kappa shape index (κ3) is 5.20. The van der Waals surface area contributed by atoms with E-state index in [4.69, 9.17) is 9.47 Å². The Bertz CT molecular complexity index is 366. The first-order valence-electron chi connectivity index (χ1n) is 5.84. The molecular weight excluding hydrogens is 216 g/mol. The van der Waals surface area contributed by atoms with E-state index in [1.807, 2.05) is 38.1 Å². The molecule has 17 heavy (non-hydrogen) atoms. The Hall–Kier alpha value is -1.77. The normalized spacial score (nSPS) is 10.5. The third-order valence-electron chi connectivity index (χ3n) is 2.05. The number of hydrogen-bond donors (Lipinski definition) is 0. The van der Waals surface area contributed by atoms with Gasteiger partial charge in [0.05, 0.1) is 13.2 Å². The number of rotatable bonds is 6. The largest absolute Gasteiger partial charge is 0.494 e. The van der Waals surface area contributed by atoms with Gasteiger partial charge in [-0.1, -0.05) is 19.1 Å². The van der Waals surface area contributed by atoms with Crippen molar-refractivity contribution in [2.45, 2.75) is 20.3 Å². The van der Waals surface area contributed by atoms with Gasteiger partial charge in [-0.3, -0.25) is 0 Å². The van der Waals surface area contributed by atoms with Crippen LogP contribution in [-0.2, 0) is 9.53 Å². The lowest BCUT2D eigenvalue weighted by Gasteiger charge is -2.02. The summed E-state index contributed by atoms with van der Waals surface area (Å²) in [5.74, 6) is 0.527. The molecular formula is C14H18O3. The predicted octanol–water partition coefficient (Wildman–Crippen LogP) is 3.05. The summed E-state index contributed by atoms with van der Waals surface area (Å²) in [6.07, 6.45) is 4.00. The zero-order chi connectivity index (χ0) is 12.5. The Labute approximate surface area is 102 Å². The van der Waals surface area contributed by atoms with Crippen molar-refractivity contribution < 1.29 is 14.3 Å². The van der Waals surface area contributed by atoms with Gasteiger partial charge in [-0.05, 0) is 37.1 Å². The summed E-state index contributed by atoms with van der Waals surface area (Å²) in [5.41, 5.74) is 0.946. The fourth-order valence-corrected chi connectivity index (χ4v) is 1.26. The van der Waals surface area contributed by atoms with Crippen LogP contribution in [0.5, 0.6) is 5.75 Å². The summed E-state index contributed by atoms with van der Waals surface area (Å²) >= 11 is 0. The summed E-state index contributed by atoms with van der Waals surface area (Å²) in [6.45, 7) is 5.02. The molecule has 0 unspecified atom stereocenters. The molecule has 0 fully saturated rings. The Kier molecular flexibility index (Phi) is 5.86. The Morgan fingerprint density at radius 3 is 2.53 bits per heavy atom. The van der Waals surface area contributed by atoms with Gasteiger partial charge in [-0.2, -0.15) is 0 Å². The topological polar surface area (TPSA) is 35.5 Å². The molecule has 0 aliphatic rings. The van der Waals surface area contributed by atoms with Crippen molar-refractivity contribution in [3.05, 3.63) is 35.9 Å². The van der Waals surface area contributed by atoms with Crippen LogP contribution in [0, 0.1) is 0 Å². The lowest BCUT2D eigenvalue weighted by atomic mass is 10.2. The molecule has 0 N–H and O–H groups in total. The van der Waals surface area contributed by atoms with Gasteiger partial charge in [0.25, 0.3) is 0 Å². The van der Waals surface area contributed by atoms with Crippen LogP contribution in [0.15, 0.2) is 30.3 Å². The van der Waals surface area contributed by atoms with Crippen LogP contribution < -0.4 is 4.74 Å². The number of ether oxygens (including phenoxy) is 2. The smallest absolute Gasteiger partial charge is 0.330 e. The maximum absolute atomic E-state index is 11.2. The van der Waals surface area contributed by atoms with Crippen LogP contribution in [0.3, 0.4) is 0 Å². The third-order valence-corrected chi connectivity index (χ3v) is 2.05. The van der Waals surface area contributed by atoms with Crippen LogP contribution in [-0.4, -0.2) is 19.2 Å². The Morgan fingerprint density at radius 1 is 1.24 bits per heavy atom. The molecule has 0 bridgehead atoms. The van der Waals surface area contributed by atoms with Crippen molar-refractivity contribution in [2.24, 2.45) is 0 Å². The molecule has 1 aromatic carbocycles. The Morgan fingerprint density at radius 2 is 1.94 bits per heavy atom. The van der Waals surface area contributed by atoms with Crippen LogP contribution in [0.1, 0.15) is 25.8 Å². The predicted molar refractivity (Wildman–Crippen MR) is 67.9 cm³/mol. The summed E-state index contributed by atoms with van der Waals surface area (Å²) in [6, 6.07) is 7.55. The first-order valence-corrected chi connectivity index (χ1v) is 5.84. The van der Waals surface area contributed by atoms with Crippen molar-refractivity contribution >= 4 is 12.0 Å². The lowest BCUT2D eigenvalue weighted by molar-refractivity contribution is -0.137. The molecule has 0 radical (unpaired) electrons. The highest BCUT2D eigenvalue weighted by atomic mass is 16.5. The molecule has 3 heteroatoms. The van der Waals surface area contributed by atoms with Crippen molar-refractivity contribution in [2.75, 3.05) is 13.2 Å². The van der Waals surface area contributed by atoms with Gasteiger partial charge >= 0.3 is 5.97 Å². The van der Waals surface area contributed by atoms with E-state index in [1.165, 1.54) is 6.08 Å². The first-order chi connectivity index (χ1) is 8.26. The molecule has 0 aliphatic heterocycles. The molecule has 0 saturated carbocycles. The number of carbonyl (C=O) groups is 1. The molecule has 1 aromatic rings. The standard InChI is InChI=1S/C14H18O3/c1-3-11-17-14(15)10-7-12-5-8-13(9-6-12)16-4-2/h5-10H,3-4,11H2,1-2H3/b10-7+. The Balaban J connectivity index is 2.50. The summed E-state index contributed by atoms with van der Waals surface area (Å²) in [7, 11) is 0. The van der Waals surface area contributed by atoms with E-state index in [9.17, 15) is 4.79 Å². The summed E-state index contributed by atoms with van der Waals surface area (Å²) in [5, 5.41) is 0. The van der Waals surface area contributed by atoms with Crippen molar-refractivity contribution in [3.63, 3.8) is 0 Å². The second-order valence-electron chi connectivity index (χ2n) is 3.50. The van der Waals surface area contributed by atoms with Gasteiger partial charge in [-0.25, -0.2) is 4.79 Å². The molecule has 0 aromatic heterocycles. The SMILES string of the molecule is CCCOC(=O)/C=C/c1ccc(OCC)cc1. The summed E-state index contributed by atoms with van der Waals surface area (Å²) in [4.78, 5) is 11.2. The first kappa shape index (κ1) is 13.3. The van der Waals surface area contributed by atoms with E-state index >= 15 is 0 Å². The van der Waals surface area contributed by atoms with Crippen molar-refractivity contribution in [1.82, 2.24) is 0 Å². The average molecular weight is 234 g/mol. The maximum atomic E-state index is 11.2. The molecule has 0 saturated heterocycles. The van der Waals surface area contributed by atoms with Crippen LogP contribution >= 0.6 is 0 Å². The van der Waals surface area contributed by atoms with Crippen molar-refractivity contribution in [1.29, 1.82) is 0 Å². The highest BCUT2D eigenvalue weighted by Crippen LogP contribution is 2.12. The van der Waals surface area contributed by atoms with Gasteiger partial charge in [0.2, 0.25) is 0 Å². The van der Waals surface area contributed by atoms with Crippen LogP contribution in [0.4, 0.5) is 0 Å². The molecule has 0 aliphatic carbocycles. The van der Waals surface area contributed by atoms with Crippen LogP contribution in [0.25, 0.3) is 6.08 Å². The highest BCUT2D eigenvalue weighted by Gasteiger charge is 1.96. The molecule has 1 rings (SSSR count). The summed E-state index contributed by atoms with van der Waals surface area (Å²) < 4.78 is 10.2. The van der Waals surface area contributed by atoms with Gasteiger partial charge in [0.15, 0.2) is 0 Å². The maximum Gasteiger partial charge on any atom is 0.330 e. The number of benzene rings is 1. The molecule has 0 atom stereocenters. The van der Waals surface area contributed by atoms with E-state index in [1.54, 1.807) is 6.08 Å². The second-order valence-corrected chi connectivity index (χ2v) is 3.50. The number of esters is 1. The fraction of sp³-hybridized carbons (Fsp3) is 0.357. The van der Waals surface area contributed by atoms with Gasteiger partial charge in [0.1, 0.15) is 5.75 Å². The monoisotopic (exact) mass is 234 g/mol. The van der Waals surface area contributed by atoms with Crippen LogP contribution in [0.2, 0.25) is 0 Å². The number of hydrogen-bond acceptors (Lipinski definition) is 3. The van der Waals surface area contributed by atoms with Gasteiger partial charge < -0.3 is 9.47 Å². The van der Waals surface area contributed by atoms with Gasteiger partial charge in [0, 0.05) is 6.08 Å². The lowest BCUT2D eigenvalue weighted by Crippen LogP contribution is -2.00. The van der Waals surface area contributed by atoms with E-state index < -0.39 is 0 Å². The molecule has 3 nitrogen and oxygen atoms in total.